The molecule has 8 nitrogen and oxygen atoms in total. The minimum absolute atomic E-state index is 0.0441. The van der Waals surface area contributed by atoms with E-state index >= 15 is 0 Å². The third-order valence-corrected chi connectivity index (χ3v) is 9.50. The van der Waals surface area contributed by atoms with Crippen molar-refractivity contribution in [1.29, 1.82) is 0 Å². The van der Waals surface area contributed by atoms with Gasteiger partial charge in [0.2, 0.25) is 11.8 Å². The van der Waals surface area contributed by atoms with Crippen LogP contribution in [0.4, 0.5) is 4.79 Å². The molecule has 0 radical (unpaired) electrons. The average Bonchev–Trinajstić information content (AvgIpc) is 2.63. The van der Waals surface area contributed by atoms with Crippen molar-refractivity contribution in [2.45, 2.75) is 58.0 Å². The topological polar surface area (TPSA) is 120 Å². The second-order valence-corrected chi connectivity index (χ2v) is 13.1. The quantitative estimate of drug-likeness (QED) is 0.499. The standard InChI is InChI=1S/C20H33N3O5Si/c1-20(2,3)29(4,5)28-12-11-16(18(21)25)23-17(24)13-22-19(26)27-14-15-9-7-6-8-10-15/h6-10,16H,11-14H2,1-5H3,(H2,21,25)(H,22,26)(H,23,24)/t16-/m1/s1. The monoisotopic (exact) mass is 423 g/mol. The second kappa shape index (κ2) is 11.0. The summed E-state index contributed by atoms with van der Waals surface area (Å²) >= 11 is 0. The zero-order valence-corrected chi connectivity index (χ0v) is 18.9. The Bertz CT molecular complexity index is 689. The van der Waals surface area contributed by atoms with Crippen LogP contribution in [-0.4, -0.2) is 45.4 Å². The van der Waals surface area contributed by atoms with Gasteiger partial charge in [0, 0.05) is 6.61 Å². The smallest absolute Gasteiger partial charge is 0.407 e. The van der Waals surface area contributed by atoms with Crippen molar-refractivity contribution >= 4 is 26.2 Å². The van der Waals surface area contributed by atoms with Crippen LogP contribution in [0.1, 0.15) is 32.8 Å². The van der Waals surface area contributed by atoms with E-state index in [-0.39, 0.29) is 24.6 Å². The number of carbonyl (C=O) groups excluding carboxylic acids is 3. The number of alkyl carbamates (subject to hydrolysis) is 1. The van der Waals surface area contributed by atoms with Crippen LogP contribution in [0.15, 0.2) is 30.3 Å². The summed E-state index contributed by atoms with van der Waals surface area (Å²) in [6, 6.07) is 8.31. The number of hydrogen-bond donors (Lipinski definition) is 3. The third-order valence-electron chi connectivity index (χ3n) is 4.96. The first kappa shape index (κ1) is 24.6. The van der Waals surface area contributed by atoms with Gasteiger partial charge in [0.15, 0.2) is 8.32 Å². The third kappa shape index (κ3) is 9.10. The van der Waals surface area contributed by atoms with Crippen molar-refractivity contribution in [2.24, 2.45) is 5.73 Å². The highest BCUT2D eigenvalue weighted by Gasteiger charge is 2.37. The number of ether oxygens (including phenoxy) is 1. The molecule has 0 spiro atoms. The number of amides is 3. The number of nitrogens with two attached hydrogens (primary N) is 1. The lowest BCUT2D eigenvalue weighted by atomic mass is 10.2. The van der Waals surface area contributed by atoms with Gasteiger partial charge < -0.3 is 25.5 Å². The van der Waals surface area contributed by atoms with Crippen molar-refractivity contribution in [3.8, 4) is 0 Å². The highest BCUT2D eigenvalue weighted by molar-refractivity contribution is 6.74. The number of rotatable bonds is 10. The van der Waals surface area contributed by atoms with Crippen molar-refractivity contribution in [3.63, 3.8) is 0 Å². The lowest BCUT2D eigenvalue weighted by Gasteiger charge is -2.36. The van der Waals surface area contributed by atoms with Gasteiger partial charge in [0.25, 0.3) is 0 Å². The van der Waals surface area contributed by atoms with Gasteiger partial charge in [-0.25, -0.2) is 4.79 Å². The minimum Gasteiger partial charge on any atom is -0.445 e. The van der Waals surface area contributed by atoms with E-state index in [4.69, 9.17) is 14.9 Å². The van der Waals surface area contributed by atoms with Gasteiger partial charge in [-0.15, -0.1) is 0 Å². The summed E-state index contributed by atoms with van der Waals surface area (Å²) in [6.07, 6.45) is -0.452. The number of primary amides is 1. The zero-order chi connectivity index (χ0) is 22.1. The maximum Gasteiger partial charge on any atom is 0.407 e. The second-order valence-electron chi connectivity index (χ2n) is 8.34. The van der Waals surface area contributed by atoms with Crippen LogP contribution < -0.4 is 16.4 Å². The molecule has 0 aliphatic carbocycles. The maximum absolute atomic E-state index is 12.0. The number of carbonyl (C=O) groups is 3. The molecule has 0 aromatic heterocycles. The molecule has 0 bridgehead atoms. The molecule has 162 valence electrons. The SMILES string of the molecule is CC(C)(C)[Si](C)(C)OCC[C@@H](NC(=O)CNC(=O)OCc1ccccc1)C(N)=O. The van der Waals surface area contributed by atoms with Crippen LogP contribution in [0.3, 0.4) is 0 Å². The fourth-order valence-electron chi connectivity index (χ4n) is 2.11. The average molecular weight is 424 g/mol. The van der Waals surface area contributed by atoms with Gasteiger partial charge in [-0.05, 0) is 30.1 Å². The number of nitrogens with one attached hydrogen (secondary N) is 2. The van der Waals surface area contributed by atoms with Crippen molar-refractivity contribution in [1.82, 2.24) is 10.6 Å². The predicted molar refractivity (Wildman–Crippen MR) is 114 cm³/mol. The van der Waals surface area contributed by atoms with Gasteiger partial charge in [-0.2, -0.15) is 0 Å². The summed E-state index contributed by atoms with van der Waals surface area (Å²) in [5.41, 5.74) is 6.21. The Morgan fingerprint density at radius 3 is 2.31 bits per heavy atom. The molecule has 1 atom stereocenters. The minimum atomic E-state index is -1.95. The molecule has 1 aromatic carbocycles. The molecule has 0 unspecified atom stereocenters. The van der Waals surface area contributed by atoms with Crippen LogP contribution in [-0.2, 0) is 25.4 Å². The van der Waals surface area contributed by atoms with E-state index in [0.717, 1.165) is 5.56 Å². The highest BCUT2D eigenvalue weighted by atomic mass is 28.4. The molecule has 0 aliphatic heterocycles. The van der Waals surface area contributed by atoms with Gasteiger partial charge in [0.05, 0.1) is 0 Å². The Balaban J connectivity index is 2.38. The Morgan fingerprint density at radius 2 is 1.76 bits per heavy atom. The van der Waals surface area contributed by atoms with E-state index in [1.54, 1.807) is 0 Å². The van der Waals surface area contributed by atoms with Crippen molar-refractivity contribution in [3.05, 3.63) is 35.9 Å². The Hall–Kier alpha value is -2.39. The highest BCUT2D eigenvalue weighted by Crippen LogP contribution is 2.36. The van der Waals surface area contributed by atoms with E-state index in [2.05, 4.69) is 44.5 Å². The molecule has 9 heteroatoms. The van der Waals surface area contributed by atoms with E-state index in [9.17, 15) is 14.4 Å². The summed E-state index contributed by atoms with van der Waals surface area (Å²) < 4.78 is 11.0. The molecular weight excluding hydrogens is 390 g/mol. The molecule has 3 amide bonds. The summed E-state index contributed by atoms with van der Waals surface area (Å²) in [7, 11) is -1.95. The maximum atomic E-state index is 12.0. The van der Waals surface area contributed by atoms with Crippen LogP contribution in [0.2, 0.25) is 18.1 Å². The molecule has 0 saturated carbocycles. The zero-order valence-electron chi connectivity index (χ0n) is 17.9. The van der Waals surface area contributed by atoms with E-state index in [1.165, 1.54) is 0 Å². The summed E-state index contributed by atoms with van der Waals surface area (Å²) in [5, 5.41) is 4.91. The molecule has 0 saturated heterocycles. The first-order chi connectivity index (χ1) is 13.4. The molecule has 0 heterocycles. The first-order valence-corrected chi connectivity index (χ1v) is 12.5. The summed E-state index contributed by atoms with van der Waals surface area (Å²) in [5.74, 6) is -1.18. The number of benzene rings is 1. The molecule has 1 aromatic rings. The molecule has 29 heavy (non-hydrogen) atoms. The first-order valence-electron chi connectivity index (χ1n) is 9.59. The predicted octanol–water partition coefficient (Wildman–Crippen LogP) is 2.29. The Kier molecular flexibility index (Phi) is 9.32. The fourth-order valence-corrected chi connectivity index (χ4v) is 3.17. The fraction of sp³-hybridized carbons (Fsp3) is 0.550. The van der Waals surface area contributed by atoms with Gasteiger partial charge in [0.1, 0.15) is 19.2 Å². The number of hydrogen-bond acceptors (Lipinski definition) is 5. The van der Waals surface area contributed by atoms with Crippen LogP contribution in [0.5, 0.6) is 0 Å². The van der Waals surface area contributed by atoms with Crippen LogP contribution in [0.25, 0.3) is 0 Å². The van der Waals surface area contributed by atoms with Crippen molar-refractivity contribution < 1.29 is 23.5 Å². The Morgan fingerprint density at radius 1 is 1.14 bits per heavy atom. The molecule has 0 aliphatic rings. The lowest BCUT2D eigenvalue weighted by Crippen LogP contribution is -2.49. The van der Waals surface area contributed by atoms with Crippen LogP contribution in [0, 0.1) is 0 Å². The van der Waals surface area contributed by atoms with E-state index in [0.29, 0.717) is 6.61 Å². The van der Waals surface area contributed by atoms with E-state index < -0.39 is 32.3 Å². The molecule has 1 rings (SSSR count). The normalized spacial score (nSPS) is 12.7. The molecule has 4 N–H and O–H groups in total. The van der Waals surface area contributed by atoms with E-state index in [1.807, 2.05) is 30.3 Å². The summed E-state index contributed by atoms with van der Waals surface area (Å²) in [4.78, 5) is 35.4. The largest absolute Gasteiger partial charge is 0.445 e. The van der Waals surface area contributed by atoms with Gasteiger partial charge in [-0.1, -0.05) is 51.1 Å². The van der Waals surface area contributed by atoms with Crippen molar-refractivity contribution in [2.75, 3.05) is 13.2 Å². The van der Waals surface area contributed by atoms with Gasteiger partial charge in [-0.3, -0.25) is 9.59 Å². The van der Waals surface area contributed by atoms with Gasteiger partial charge >= 0.3 is 6.09 Å². The molecular formula is C20H33N3O5Si. The lowest BCUT2D eigenvalue weighted by molar-refractivity contribution is -0.127. The molecule has 0 fully saturated rings. The van der Waals surface area contributed by atoms with Crippen LogP contribution >= 0.6 is 0 Å². The Labute approximate surface area is 173 Å². The summed E-state index contributed by atoms with van der Waals surface area (Å²) in [6.45, 7) is 10.7.